The molecule has 2 heterocycles. The zero-order valence-electron chi connectivity index (χ0n) is 65.9. The van der Waals surface area contributed by atoms with E-state index in [-0.39, 0.29) is 63.1 Å². The van der Waals surface area contributed by atoms with E-state index in [0.29, 0.717) is 36.0 Å². The molecule has 12 atom stereocenters. The lowest BCUT2D eigenvalue weighted by Gasteiger charge is -2.30. The fourth-order valence-corrected chi connectivity index (χ4v) is 12.5. The number of rotatable bonds is 47. The third-order valence-electron chi connectivity index (χ3n) is 19.4. The van der Waals surface area contributed by atoms with Gasteiger partial charge in [0.15, 0.2) is 0 Å². The summed E-state index contributed by atoms with van der Waals surface area (Å²) in [7, 11) is 0. The molecule has 1 fully saturated rings. The molecule has 0 aliphatic carbocycles. The lowest BCUT2D eigenvalue weighted by Crippen LogP contribution is -2.61. The third-order valence-corrected chi connectivity index (χ3v) is 19.4. The quantitative estimate of drug-likeness (QED) is 0.0189. The number of aromatic hydroxyl groups is 2. The van der Waals surface area contributed by atoms with Crippen molar-refractivity contribution < 1.29 is 97.1 Å². The number of carbonyl (C=O) groups excluding carboxylic acids is 15. The highest BCUT2D eigenvalue weighted by Crippen LogP contribution is 2.22. The van der Waals surface area contributed by atoms with Crippen LogP contribution < -0.4 is 86.3 Å². The molecule has 15 amide bonds. The van der Waals surface area contributed by atoms with Crippen molar-refractivity contribution >= 4 is 105 Å². The second-order valence-electron chi connectivity index (χ2n) is 29.3. The maximum absolute atomic E-state index is 14.8. The topological polar surface area (TPSA) is 608 Å². The van der Waals surface area contributed by atoms with Crippen LogP contribution in [0.15, 0.2) is 79.0 Å². The number of amides is 15. The minimum Gasteiger partial charge on any atom is -0.508 e. The van der Waals surface area contributed by atoms with Crippen LogP contribution in [-0.4, -0.2) is 237 Å². The number of benzene rings is 3. The molecule has 38 nitrogen and oxygen atoms in total. The van der Waals surface area contributed by atoms with E-state index in [1.807, 2.05) is 6.07 Å². The van der Waals surface area contributed by atoms with Gasteiger partial charge in [-0.1, -0.05) is 104 Å². The number of likely N-dealkylation sites (tertiary alicyclic amines) is 1. The number of carboxylic acid groups (broad SMARTS) is 1. The number of aliphatic hydroxyl groups is 1. The monoisotopic (exact) mass is 1610 g/mol. The first-order chi connectivity index (χ1) is 54.5. The summed E-state index contributed by atoms with van der Waals surface area (Å²) in [5.74, 6) is -17.1. The summed E-state index contributed by atoms with van der Waals surface area (Å²) in [5.41, 5.74) is 18.9. The van der Waals surface area contributed by atoms with E-state index in [0.717, 1.165) is 10.9 Å². The Balaban J connectivity index is 1.27. The summed E-state index contributed by atoms with van der Waals surface area (Å²) in [5, 5.41) is 73.6. The molecule has 0 unspecified atom stereocenters. The number of carbonyl (C=O) groups is 16. The smallest absolute Gasteiger partial charge is 0.326 e. The highest BCUT2D eigenvalue weighted by Gasteiger charge is 2.40. The van der Waals surface area contributed by atoms with Gasteiger partial charge >= 0.3 is 5.97 Å². The summed E-state index contributed by atoms with van der Waals surface area (Å²) in [4.78, 5) is 223. The van der Waals surface area contributed by atoms with Gasteiger partial charge in [0.2, 0.25) is 88.6 Å². The summed E-state index contributed by atoms with van der Waals surface area (Å²) < 4.78 is 0. The fraction of sp³-hybridized carbons (Fsp3) is 0.532. The number of hydrogen-bond acceptors (Lipinski definition) is 21. The number of carboxylic acids is 1. The van der Waals surface area contributed by atoms with Crippen molar-refractivity contribution in [2.75, 3.05) is 45.9 Å². The van der Waals surface area contributed by atoms with Crippen molar-refractivity contribution in [3.63, 3.8) is 0 Å². The van der Waals surface area contributed by atoms with Gasteiger partial charge in [0.25, 0.3) is 0 Å². The van der Waals surface area contributed by atoms with Gasteiger partial charge in [-0.05, 0) is 116 Å². The Hall–Kier alpha value is -11.8. The van der Waals surface area contributed by atoms with Crippen molar-refractivity contribution in [3.05, 3.63) is 95.7 Å². The number of nitrogens with one attached hydrogen (secondary N) is 14. The molecule has 0 saturated carbocycles. The number of fused-ring (bicyclic) bond motifs is 1. The van der Waals surface area contributed by atoms with E-state index in [9.17, 15) is 97.1 Å². The average molecular weight is 1610 g/mol. The number of aliphatic hydroxyl groups excluding tert-OH is 1. The van der Waals surface area contributed by atoms with Crippen molar-refractivity contribution in [1.29, 1.82) is 0 Å². The van der Waals surface area contributed by atoms with Crippen molar-refractivity contribution in [2.24, 2.45) is 40.9 Å². The molecule has 630 valence electrons. The largest absolute Gasteiger partial charge is 0.508 e. The van der Waals surface area contributed by atoms with Crippen LogP contribution >= 0.6 is 0 Å². The minimum atomic E-state index is -1.56. The number of H-pyrrole nitrogens is 1. The molecule has 4 aromatic rings. The second kappa shape index (κ2) is 46.4. The molecule has 1 aliphatic rings. The van der Waals surface area contributed by atoms with E-state index in [2.05, 4.69) is 74.1 Å². The second-order valence-corrected chi connectivity index (χ2v) is 29.3. The lowest BCUT2D eigenvalue weighted by atomic mass is 9.97. The minimum absolute atomic E-state index is 0.0395. The van der Waals surface area contributed by atoms with Gasteiger partial charge in [-0.3, -0.25) is 71.9 Å². The maximum atomic E-state index is 14.8. The van der Waals surface area contributed by atoms with Gasteiger partial charge in [0, 0.05) is 49.3 Å². The molecule has 3 aromatic carbocycles. The van der Waals surface area contributed by atoms with Crippen LogP contribution in [0.5, 0.6) is 11.5 Å². The first-order valence-electron chi connectivity index (χ1n) is 38.3. The fourth-order valence-electron chi connectivity index (χ4n) is 12.5. The van der Waals surface area contributed by atoms with Gasteiger partial charge in [-0.15, -0.1) is 0 Å². The van der Waals surface area contributed by atoms with E-state index >= 15 is 0 Å². The number of phenolic OH excluding ortho intramolecular Hbond substituents is 2. The Bertz CT molecular complexity index is 4040. The zero-order valence-corrected chi connectivity index (χ0v) is 65.9. The SMILES string of the molecule is CC[C@H](C)[C@H](NC(=O)CNC(=O)[C@@H](NC(=O)[C@H](CCCCN)NC(=O)[C@H](Cc1ccc(O)cc1)NC(=O)[C@@H](NC(=O)[C@H](CCC(N)=O)NC(=O)[C@@H]1CCCN1C(=O)CNC(=O)[C@@H](NC(=O)[C@H](CO)NC(=O)CN)C(C)C)C(C)C)C(C)C)C(=O)N[C@@H](Cc1ccc(O)cc1)C(=O)NCC(=O)N[C@@H](Cc1c[nH]c2ccccc12)C(=O)O. The molecule has 0 spiro atoms. The number of unbranched alkanes of at least 4 members (excludes halogenated alkanes) is 1. The standard InChI is InChI=1S/C77H112N18O20/c1-9-43(8)66(76(113)89-53(31-44-19-23-47(97)24-20-44)67(104)82-36-60(101)85-55(77(114)115)33-46-35-81-50-16-11-10-15-49(46)50)91-61(102)37-83-73(110)63(40(2)3)92-68(105)51(17-12-13-29-78)87-70(107)54(32-45-21-25-48(98)26-22-45)90-75(112)65(42(6)7)94-69(106)52(27-28-58(80)99)88-72(109)57-18-14-30-95(57)62(103)38-84-74(111)64(41(4)5)93-71(108)56(39-96)86-59(100)34-79/h10-11,15-16,19-26,35,40-43,51-57,63-66,81,96-98H,9,12-14,17-18,27-34,36-39,78-79H2,1-8H3,(H2,80,99)(H,82,104)(H,83,110)(H,84,111)(H,85,101)(H,86,100)(H,87,107)(H,88,109)(H,89,113)(H,90,112)(H,91,102)(H,92,105)(H,93,108)(H,94,106)(H,114,115)/t43-,51-,52-,53-,54-,55-,56-,57-,63-,64-,65-,66-/m0/s1. The van der Waals surface area contributed by atoms with Crippen LogP contribution in [-0.2, 0) is 96.0 Å². The molecule has 115 heavy (non-hydrogen) atoms. The molecule has 24 N–H and O–H groups in total. The number of hydrogen-bond donors (Lipinski definition) is 21. The van der Waals surface area contributed by atoms with Crippen LogP contribution in [0.25, 0.3) is 10.9 Å². The first-order valence-corrected chi connectivity index (χ1v) is 38.3. The Morgan fingerprint density at radius 2 is 0.965 bits per heavy atom. The number of aromatic nitrogens is 1. The summed E-state index contributed by atoms with van der Waals surface area (Å²) >= 11 is 0. The average Bonchev–Trinajstić information content (AvgIpc) is 1.75. The number of aliphatic carboxylic acids is 1. The highest BCUT2D eigenvalue weighted by atomic mass is 16.4. The Labute approximate surface area is 665 Å². The van der Waals surface area contributed by atoms with Gasteiger partial charge < -0.3 is 117 Å². The Kier molecular flexibility index (Phi) is 37.8. The highest BCUT2D eigenvalue weighted by molar-refractivity contribution is 6.00. The summed E-state index contributed by atoms with van der Waals surface area (Å²) in [6, 6.07) is 3.07. The van der Waals surface area contributed by atoms with Gasteiger partial charge in [-0.2, -0.15) is 0 Å². The van der Waals surface area contributed by atoms with Crippen molar-refractivity contribution in [2.45, 2.75) is 192 Å². The summed E-state index contributed by atoms with van der Waals surface area (Å²) in [6.45, 7) is 9.70. The first kappa shape index (κ1) is 93.8. The molecule has 1 aliphatic heterocycles. The lowest BCUT2D eigenvalue weighted by molar-refractivity contribution is -0.141. The molecule has 38 heteroatoms. The van der Waals surface area contributed by atoms with Crippen LogP contribution in [0.2, 0.25) is 0 Å². The molecular weight excluding hydrogens is 1500 g/mol. The predicted molar refractivity (Wildman–Crippen MR) is 418 cm³/mol. The number of nitrogens with two attached hydrogens (primary N) is 3. The number of para-hydroxylation sites is 1. The predicted octanol–water partition coefficient (Wildman–Crippen LogP) is -3.76. The number of nitrogens with zero attached hydrogens (tertiary/aromatic N) is 1. The Morgan fingerprint density at radius 1 is 0.496 bits per heavy atom. The van der Waals surface area contributed by atoms with E-state index in [1.54, 1.807) is 79.8 Å². The van der Waals surface area contributed by atoms with Gasteiger partial charge in [0.05, 0.1) is 32.8 Å². The van der Waals surface area contributed by atoms with E-state index in [1.165, 1.54) is 53.4 Å². The van der Waals surface area contributed by atoms with Crippen LogP contribution in [0.1, 0.15) is 123 Å². The number of primary amides is 1. The Morgan fingerprint density at radius 3 is 1.48 bits per heavy atom. The molecule has 1 aromatic heterocycles. The maximum Gasteiger partial charge on any atom is 0.326 e. The molecular formula is C77H112N18O20. The molecule has 0 radical (unpaired) electrons. The molecule has 0 bridgehead atoms. The van der Waals surface area contributed by atoms with Crippen LogP contribution in [0.4, 0.5) is 0 Å². The molecule has 1 saturated heterocycles. The number of phenols is 2. The van der Waals surface area contributed by atoms with Crippen LogP contribution in [0.3, 0.4) is 0 Å². The normalized spacial score (nSPS) is 15.4. The zero-order chi connectivity index (χ0) is 85.3. The number of aromatic amines is 1. The van der Waals surface area contributed by atoms with Crippen molar-refractivity contribution in [1.82, 2.24) is 79.0 Å². The van der Waals surface area contributed by atoms with Gasteiger partial charge in [-0.25, -0.2) is 4.79 Å². The van der Waals surface area contributed by atoms with Gasteiger partial charge in [0.1, 0.15) is 78.0 Å². The third kappa shape index (κ3) is 29.9. The summed E-state index contributed by atoms with van der Waals surface area (Å²) in [6.07, 6.45) is 1.53. The van der Waals surface area contributed by atoms with E-state index in [4.69, 9.17) is 17.2 Å². The van der Waals surface area contributed by atoms with Crippen molar-refractivity contribution in [3.8, 4) is 11.5 Å². The van der Waals surface area contributed by atoms with E-state index < -0.39 is 230 Å². The van der Waals surface area contributed by atoms with Crippen LogP contribution in [0, 0.1) is 23.7 Å². The molecule has 5 rings (SSSR count).